The van der Waals surface area contributed by atoms with Crippen LogP contribution in [0.25, 0.3) is 0 Å². The molecule has 0 heterocycles. The zero-order chi connectivity index (χ0) is 8.27. The maximum absolute atomic E-state index is 2.24. The van der Waals surface area contributed by atoms with Crippen molar-refractivity contribution in [2.75, 3.05) is 0 Å². The molecule has 0 atom stereocenters. The fraction of sp³-hybridized carbons (Fsp3) is 0.364. The molecule has 0 nitrogen and oxygen atoms in total. The summed E-state index contributed by atoms with van der Waals surface area (Å²) in [6, 6.07) is 8.67. The Labute approximate surface area is 69.3 Å². The van der Waals surface area contributed by atoms with Crippen molar-refractivity contribution in [3.8, 4) is 0 Å². The average Bonchev–Trinajstić information content (AvgIpc) is 2.05. The Morgan fingerprint density at radius 1 is 1.27 bits per heavy atom. The highest BCUT2D eigenvalue weighted by Crippen LogP contribution is 2.15. The molecule has 1 aromatic rings. The Hall–Kier alpha value is -0.780. The van der Waals surface area contributed by atoms with Crippen molar-refractivity contribution in [3.05, 3.63) is 41.8 Å². The van der Waals surface area contributed by atoms with Gasteiger partial charge in [0.2, 0.25) is 0 Å². The van der Waals surface area contributed by atoms with Crippen LogP contribution in [0.15, 0.2) is 24.3 Å². The second-order valence-electron chi connectivity index (χ2n) is 3.11. The first-order chi connectivity index (χ1) is 5.24. The van der Waals surface area contributed by atoms with Crippen LogP contribution in [0.4, 0.5) is 0 Å². The summed E-state index contributed by atoms with van der Waals surface area (Å²) >= 11 is 0. The SMILES string of the molecule is C[CH]c1cccc(C(C)C)c1. The van der Waals surface area contributed by atoms with Crippen LogP contribution in [0, 0.1) is 6.42 Å². The van der Waals surface area contributed by atoms with E-state index in [0.717, 1.165) is 0 Å². The molecule has 0 aliphatic heterocycles. The van der Waals surface area contributed by atoms with E-state index in [1.165, 1.54) is 11.1 Å². The summed E-state index contributed by atoms with van der Waals surface area (Å²) in [4.78, 5) is 0. The van der Waals surface area contributed by atoms with Gasteiger partial charge in [0, 0.05) is 0 Å². The van der Waals surface area contributed by atoms with E-state index in [1.54, 1.807) is 0 Å². The predicted molar refractivity (Wildman–Crippen MR) is 49.6 cm³/mol. The molecule has 11 heavy (non-hydrogen) atoms. The van der Waals surface area contributed by atoms with Crippen LogP contribution in [0.1, 0.15) is 37.8 Å². The van der Waals surface area contributed by atoms with Crippen LogP contribution in [0.3, 0.4) is 0 Å². The van der Waals surface area contributed by atoms with Gasteiger partial charge < -0.3 is 0 Å². The summed E-state index contributed by atoms with van der Waals surface area (Å²) < 4.78 is 0. The second kappa shape index (κ2) is 3.56. The summed E-state index contributed by atoms with van der Waals surface area (Å²) in [5.41, 5.74) is 2.73. The van der Waals surface area contributed by atoms with Gasteiger partial charge in [-0.15, -0.1) is 0 Å². The largest absolute Gasteiger partial charge is 0.0617 e. The lowest BCUT2D eigenvalue weighted by Gasteiger charge is -2.05. The minimum absolute atomic E-state index is 0.634. The van der Waals surface area contributed by atoms with E-state index in [0.29, 0.717) is 5.92 Å². The Morgan fingerprint density at radius 3 is 2.55 bits per heavy atom. The van der Waals surface area contributed by atoms with Crippen LogP contribution in [-0.4, -0.2) is 0 Å². The molecule has 0 unspecified atom stereocenters. The van der Waals surface area contributed by atoms with Crippen LogP contribution in [0.5, 0.6) is 0 Å². The van der Waals surface area contributed by atoms with Crippen LogP contribution in [0.2, 0.25) is 0 Å². The van der Waals surface area contributed by atoms with Crippen molar-refractivity contribution >= 4 is 0 Å². The Morgan fingerprint density at radius 2 is 2.00 bits per heavy atom. The average molecular weight is 147 g/mol. The molecule has 0 saturated heterocycles. The van der Waals surface area contributed by atoms with Gasteiger partial charge in [0.15, 0.2) is 0 Å². The quantitative estimate of drug-likeness (QED) is 0.601. The van der Waals surface area contributed by atoms with E-state index in [2.05, 4.69) is 51.5 Å². The second-order valence-corrected chi connectivity index (χ2v) is 3.11. The number of hydrogen-bond donors (Lipinski definition) is 0. The molecule has 0 aliphatic rings. The number of benzene rings is 1. The lowest BCUT2D eigenvalue weighted by Crippen LogP contribution is -1.87. The summed E-state index contributed by atoms with van der Waals surface area (Å²) in [6.07, 6.45) is 2.13. The number of hydrogen-bond acceptors (Lipinski definition) is 0. The summed E-state index contributed by atoms with van der Waals surface area (Å²) in [5.74, 6) is 0.634. The van der Waals surface area contributed by atoms with E-state index in [9.17, 15) is 0 Å². The maximum Gasteiger partial charge on any atom is -0.0124 e. The topological polar surface area (TPSA) is 0 Å². The monoisotopic (exact) mass is 147 g/mol. The summed E-state index contributed by atoms with van der Waals surface area (Å²) in [5, 5.41) is 0. The highest BCUT2D eigenvalue weighted by molar-refractivity contribution is 5.29. The molecular weight excluding hydrogens is 132 g/mol. The highest BCUT2D eigenvalue weighted by atomic mass is 14.0. The molecule has 1 radical (unpaired) electrons. The first kappa shape index (κ1) is 8.32. The van der Waals surface area contributed by atoms with E-state index in [4.69, 9.17) is 0 Å². The fourth-order valence-electron chi connectivity index (χ4n) is 1.10. The van der Waals surface area contributed by atoms with Crippen molar-refractivity contribution in [2.45, 2.75) is 26.7 Å². The van der Waals surface area contributed by atoms with Crippen molar-refractivity contribution in [3.63, 3.8) is 0 Å². The smallest absolute Gasteiger partial charge is 0.0124 e. The molecule has 0 saturated carbocycles. The molecule has 0 heteroatoms. The lowest BCUT2D eigenvalue weighted by atomic mass is 10.0. The maximum atomic E-state index is 2.24. The van der Waals surface area contributed by atoms with E-state index >= 15 is 0 Å². The molecule has 0 spiro atoms. The van der Waals surface area contributed by atoms with Gasteiger partial charge in [-0.25, -0.2) is 0 Å². The Bertz CT molecular complexity index is 223. The zero-order valence-corrected chi connectivity index (χ0v) is 7.46. The normalized spacial score (nSPS) is 10.5. The third-order valence-electron chi connectivity index (χ3n) is 1.91. The van der Waals surface area contributed by atoms with Crippen molar-refractivity contribution in [1.29, 1.82) is 0 Å². The van der Waals surface area contributed by atoms with Crippen molar-refractivity contribution in [1.82, 2.24) is 0 Å². The molecular formula is C11H15. The predicted octanol–water partition coefficient (Wildman–Crippen LogP) is 3.38. The minimum Gasteiger partial charge on any atom is -0.0617 e. The minimum atomic E-state index is 0.634. The number of rotatable bonds is 2. The van der Waals surface area contributed by atoms with Gasteiger partial charge >= 0.3 is 0 Å². The Balaban J connectivity index is 2.91. The van der Waals surface area contributed by atoms with E-state index in [1.807, 2.05) is 0 Å². The molecule has 59 valence electrons. The molecule has 0 fully saturated rings. The zero-order valence-electron chi connectivity index (χ0n) is 7.46. The van der Waals surface area contributed by atoms with Crippen molar-refractivity contribution in [2.24, 2.45) is 0 Å². The van der Waals surface area contributed by atoms with Crippen LogP contribution in [-0.2, 0) is 0 Å². The van der Waals surface area contributed by atoms with Crippen molar-refractivity contribution < 1.29 is 0 Å². The standard InChI is InChI=1S/C11H15/c1-4-10-6-5-7-11(8-10)9(2)3/h4-9H,1-3H3. The van der Waals surface area contributed by atoms with Gasteiger partial charge in [0.1, 0.15) is 0 Å². The third kappa shape index (κ3) is 2.07. The molecule has 1 aromatic carbocycles. The molecule has 1 rings (SSSR count). The van der Waals surface area contributed by atoms with Gasteiger partial charge in [0.05, 0.1) is 0 Å². The summed E-state index contributed by atoms with van der Waals surface area (Å²) in [7, 11) is 0. The van der Waals surface area contributed by atoms with Gasteiger partial charge in [-0.2, -0.15) is 0 Å². The van der Waals surface area contributed by atoms with Gasteiger partial charge in [-0.1, -0.05) is 45.0 Å². The molecule has 0 bridgehead atoms. The molecule has 0 N–H and O–H groups in total. The molecule has 0 aliphatic carbocycles. The highest BCUT2D eigenvalue weighted by Gasteiger charge is 1.97. The Kier molecular flexibility index (Phi) is 2.70. The fourth-order valence-corrected chi connectivity index (χ4v) is 1.10. The first-order valence-electron chi connectivity index (χ1n) is 4.13. The van der Waals surface area contributed by atoms with E-state index < -0.39 is 0 Å². The van der Waals surface area contributed by atoms with Gasteiger partial charge in [0.25, 0.3) is 0 Å². The van der Waals surface area contributed by atoms with Crippen LogP contribution >= 0.6 is 0 Å². The van der Waals surface area contributed by atoms with E-state index in [-0.39, 0.29) is 0 Å². The van der Waals surface area contributed by atoms with Crippen LogP contribution < -0.4 is 0 Å². The lowest BCUT2D eigenvalue weighted by molar-refractivity contribution is 0.865. The molecule has 0 aromatic heterocycles. The molecule has 0 amide bonds. The third-order valence-corrected chi connectivity index (χ3v) is 1.91. The van der Waals surface area contributed by atoms with Gasteiger partial charge in [-0.05, 0) is 23.5 Å². The first-order valence-corrected chi connectivity index (χ1v) is 4.13. The van der Waals surface area contributed by atoms with Gasteiger partial charge in [-0.3, -0.25) is 0 Å². The summed E-state index contributed by atoms with van der Waals surface area (Å²) in [6.45, 7) is 6.50.